The Morgan fingerprint density at radius 3 is 2.30 bits per heavy atom. The molecule has 1 amide bonds. The van der Waals surface area contributed by atoms with E-state index in [1.807, 2.05) is 27.7 Å². The van der Waals surface area contributed by atoms with Crippen LogP contribution in [0.25, 0.3) is 0 Å². The van der Waals surface area contributed by atoms with Gasteiger partial charge in [-0.05, 0) is 46.5 Å². The van der Waals surface area contributed by atoms with Gasteiger partial charge in [-0.3, -0.25) is 0 Å². The number of amides is 1. The van der Waals surface area contributed by atoms with Crippen molar-refractivity contribution in [1.29, 1.82) is 0 Å². The van der Waals surface area contributed by atoms with Crippen molar-refractivity contribution in [1.82, 2.24) is 4.90 Å². The highest BCUT2D eigenvalue weighted by Gasteiger charge is 2.33. The van der Waals surface area contributed by atoms with Crippen molar-refractivity contribution in [3.63, 3.8) is 0 Å². The standard InChI is InChI=1S/C18H34BrNO3/c1-7-20(16(21)23-17(3,4)5)13-18(6,12-19)22-11-14(2)15-9-8-10-15/h14-15H,7-13H2,1-6H3. The van der Waals surface area contributed by atoms with Crippen molar-refractivity contribution in [2.45, 2.75) is 72.0 Å². The maximum absolute atomic E-state index is 12.3. The first-order chi connectivity index (χ1) is 10.6. The number of rotatable bonds is 8. The van der Waals surface area contributed by atoms with E-state index in [1.165, 1.54) is 19.3 Å². The predicted octanol–water partition coefficient (Wildman–Crippen LogP) is 4.85. The SMILES string of the molecule is CCN(CC(C)(CBr)OCC(C)C1CCC1)C(=O)OC(C)(C)C. The lowest BCUT2D eigenvalue weighted by molar-refractivity contribution is -0.0630. The molecule has 0 heterocycles. The van der Waals surface area contributed by atoms with Crippen molar-refractivity contribution in [3.05, 3.63) is 0 Å². The van der Waals surface area contributed by atoms with Gasteiger partial charge < -0.3 is 14.4 Å². The van der Waals surface area contributed by atoms with Crippen LogP contribution < -0.4 is 0 Å². The third-order valence-corrected chi connectivity index (χ3v) is 5.68. The lowest BCUT2D eigenvalue weighted by Crippen LogP contribution is -2.48. The number of halogens is 1. The minimum atomic E-state index is -0.477. The van der Waals surface area contributed by atoms with E-state index in [4.69, 9.17) is 9.47 Å². The zero-order valence-electron chi connectivity index (χ0n) is 15.7. The molecule has 0 aromatic heterocycles. The molecule has 1 aliphatic carbocycles. The Kier molecular flexibility index (Phi) is 7.85. The maximum Gasteiger partial charge on any atom is 0.410 e. The highest BCUT2D eigenvalue weighted by Crippen LogP contribution is 2.34. The van der Waals surface area contributed by atoms with Crippen LogP contribution in [0.3, 0.4) is 0 Å². The molecule has 1 rings (SSSR count). The lowest BCUT2D eigenvalue weighted by atomic mass is 9.77. The van der Waals surface area contributed by atoms with Crippen LogP contribution in [0.2, 0.25) is 0 Å². The maximum atomic E-state index is 12.3. The molecule has 0 aliphatic heterocycles. The molecule has 2 unspecified atom stereocenters. The summed E-state index contributed by atoms with van der Waals surface area (Å²) in [5, 5.41) is 0.691. The Morgan fingerprint density at radius 2 is 1.91 bits per heavy atom. The molecular formula is C18H34BrNO3. The second-order valence-corrected chi connectivity index (χ2v) is 8.62. The van der Waals surface area contributed by atoms with Crippen molar-refractivity contribution in [3.8, 4) is 0 Å². The van der Waals surface area contributed by atoms with Gasteiger partial charge in [-0.1, -0.05) is 42.1 Å². The molecule has 2 atom stereocenters. The van der Waals surface area contributed by atoms with Gasteiger partial charge in [0, 0.05) is 11.9 Å². The fourth-order valence-electron chi connectivity index (χ4n) is 2.64. The molecule has 0 spiro atoms. The average molecular weight is 392 g/mol. The van der Waals surface area contributed by atoms with Crippen LogP contribution in [0, 0.1) is 11.8 Å². The summed E-state index contributed by atoms with van der Waals surface area (Å²) >= 11 is 3.55. The monoisotopic (exact) mass is 391 g/mol. The van der Waals surface area contributed by atoms with Crippen LogP contribution in [0.15, 0.2) is 0 Å². The highest BCUT2D eigenvalue weighted by molar-refractivity contribution is 9.09. The largest absolute Gasteiger partial charge is 0.444 e. The van der Waals surface area contributed by atoms with Crippen molar-refractivity contribution >= 4 is 22.0 Å². The smallest absolute Gasteiger partial charge is 0.410 e. The Bertz CT molecular complexity index is 379. The molecule has 23 heavy (non-hydrogen) atoms. The third kappa shape index (κ3) is 7.00. The molecule has 1 fully saturated rings. The lowest BCUT2D eigenvalue weighted by Gasteiger charge is -2.37. The first-order valence-corrected chi connectivity index (χ1v) is 9.90. The van der Waals surface area contributed by atoms with Gasteiger partial charge >= 0.3 is 6.09 Å². The zero-order valence-corrected chi connectivity index (χ0v) is 17.2. The number of carbonyl (C=O) groups excluding carboxylic acids is 1. The highest BCUT2D eigenvalue weighted by atomic mass is 79.9. The van der Waals surface area contributed by atoms with Gasteiger partial charge in [-0.2, -0.15) is 0 Å². The summed E-state index contributed by atoms with van der Waals surface area (Å²) in [7, 11) is 0. The number of hydrogen-bond acceptors (Lipinski definition) is 3. The molecular weight excluding hydrogens is 358 g/mol. The van der Waals surface area contributed by atoms with Crippen molar-refractivity contribution in [2.75, 3.05) is 25.0 Å². The van der Waals surface area contributed by atoms with Crippen LogP contribution in [-0.4, -0.2) is 47.2 Å². The number of ether oxygens (including phenoxy) is 2. The van der Waals surface area contributed by atoms with E-state index in [-0.39, 0.29) is 6.09 Å². The first kappa shape index (κ1) is 20.8. The van der Waals surface area contributed by atoms with Gasteiger partial charge in [0.25, 0.3) is 0 Å². The van der Waals surface area contributed by atoms with Crippen LogP contribution in [0.1, 0.15) is 60.8 Å². The van der Waals surface area contributed by atoms with Crippen LogP contribution >= 0.6 is 15.9 Å². The van der Waals surface area contributed by atoms with E-state index < -0.39 is 11.2 Å². The summed E-state index contributed by atoms with van der Waals surface area (Å²) in [5.41, 5.74) is -0.875. The summed E-state index contributed by atoms with van der Waals surface area (Å²) in [4.78, 5) is 14.0. The molecule has 136 valence electrons. The minimum Gasteiger partial charge on any atom is -0.444 e. The van der Waals surface area contributed by atoms with E-state index in [0.717, 1.165) is 12.5 Å². The van der Waals surface area contributed by atoms with E-state index in [2.05, 4.69) is 29.8 Å². The van der Waals surface area contributed by atoms with Gasteiger partial charge in [0.05, 0.1) is 18.8 Å². The minimum absolute atomic E-state index is 0.275. The normalized spacial score (nSPS) is 19.6. The van der Waals surface area contributed by atoms with Gasteiger partial charge in [0.1, 0.15) is 5.60 Å². The predicted molar refractivity (Wildman–Crippen MR) is 98.1 cm³/mol. The zero-order chi connectivity index (χ0) is 17.7. The summed E-state index contributed by atoms with van der Waals surface area (Å²) in [5.74, 6) is 1.39. The van der Waals surface area contributed by atoms with E-state index >= 15 is 0 Å². The molecule has 1 saturated carbocycles. The van der Waals surface area contributed by atoms with E-state index in [9.17, 15) is 4.79 Å². The Morgan fingerprint density at radius 1 is 1.30 bits per heavy atom. The topological polar surface area (TPSA) is 38.8 Å². The first-order valence-electron chi connectivity index (χ1n) is 8.78. The molecule has 0 radical (unpaired) electrons. The van der Waals surface area contributed by atoms with Gasteiger partial charge in [-0.25, -0.2) is 4.79 Å². The van der Waals surface area contributed by atoms with Crippen molar-refractivity contribution < 1.29 is 14.3 Å². The average Bonchev–Trinajstić information content (AvgIpc) is 2.38. The van der Waals surface area contributed by atoms with Crippen molar-refractivity contribution in [2.24, 2.45) is 11.8 Å². The van der Waals surface area contributed by atoms with Gasteiger partial charge in [-0.15, -0.1) is 0 Å². The number of likely N-dealkylation sites (N-methyl/N-ethyl adjacent to an activating group) is 1. The second-order valence-electron chi connectivity index (χ2n) is 8.06. The van der Waals surface area contributed by atoms with Gasteiger partial charge in [0.15, 0.2) is 0 Å². The van der Waals surface area contributed by atoms with Crippen LogP contribution in [-0.2, 0) is 9.47 Å². The fraction of sp³-hybridized carbons (Fsp3) is 0.944. The quantitative estimate of drug-likeness (QED) is 0.555. The van der Waals surface area contributed by atoms with Gasteiger partial charge in [0.2, 0.25) is 0 Å². The summed E-state index contributed by atoms with van der Waals surface area (Å²) in [6, 6.07) is 0. The molecule has 5 heteroatoms. The molecule has 0 aromatic rings. The van der Waals surface area contributed by atoms with Crippen LogP contribution in [0.5, 0.6) is 0 Å². The molecule has 0 aromatic carbocycles. The Labute approximate surface area is 150 Å². The Hall–Kier alpha value is -0.290. The molecule has 0 saturated heterocycles. The number of hydrogen-bond donors (Lipinski definition) is 0. The molecule has 0 N–H and O–H groups in total. The number of alkyl halides is 1. The van der Waals surface area contributed by atoms with E-state index in [1.54, 1.807) is 4.90 Å². The second kappa shape index (κ2) is 8.70. The summed E-state index contributed by atoms with van der Waals surface area (Å²) in [6.45, 7) is 13.8. The van der Waals surface area contributed by atoms with E-state index in [0.29, 0.717) is 24.3 Å². The molecule has 1 aliphatic rings. The van der Waals surface area contributed by atoms with Crippen LogP contribution in [0.4, 0.5) is 4.79 Å². The Balaban J connectivity index is 2.57. The number of nitrogens with zero attached hydrogens (tertiary/aromatic N) is 1. The molecule has 0 bridgehead atoms. The third-order valence-electron chi connectivity index (χ3n) is 4.49. The summed E-state index contributed by atoms with van der Waals surface area (Å²) < 4.78 is 11.7. The molecule has 4 nitrogen and oxygen atoms in total. The summed E-state index contributed by atoms with van der Waals surface area (Å²) in [6.07, 6.45) is 3.73. The number of carbonyl (C=O) groups is 1. The fourth-order valence-corrected chi connectivity index (χ4v) is 2.98.